The molecule has 17 heavy (non-hydrogen) atoms. The number of carbonyl (C=O) groups is 1. The van der Waals surface area contributed by atoms with Gasteiger partial charge in [-0.25, -0.2) is 13.1 Å². The molecule has 1 rings (SSSR count). The van der Waals surface area contributed by atoms with Gasteiger partial charge in [0.25, 0.3) is 0 Å². The minimum Gasteiger partial charge on any atom is -0.392 e. The van der Waals surface area contributed by atoms with Crippen LogP contribution < -0.4 is 10.5 Å². The van der Waals surface area contributed by atoms with Gasteiger partial charge in [-0.2, -0.15) is 0 Å². The maximum atomic E-state index is 11.6. The molecule has 0 aromatic carbocycles. The number of likely N-dealkylation sites (tertiary alicyclic amines) is 1. The van der Waals surface area contributed by atoms with Crippen LogP contribution in [0.5, 0.6) is 0 Å². The van der Waals surface area contributed by atoms with Crippen molar-refractivity contribution in [3.8, 4) is 0 Å². The summed E-state index contributed by atoms with van der Waals surface area (Å²) in [6, 6.07) is 0. The topological polar surface area (TPSA) is 92.5 Å². The van der Waals surface area contributed by atoms with Crippen LogP contribution in [0.3, 0.4) is 0 Å². The maximum absolute atomic E-state index is 11.6. The molecule has 0 spiro atoms. The molecule has 1 fully saturated rings. The normalized spacial score (nSPS) is 18.1. The van der Waals surface area contributed by atoms with Crippen LogP contribution in [0.15, 0.2) is 0 Å². The Morgan fingerprint density at radius 3 is 2.47 bits per heavy atom. The maximum Gasteiger partial charge on any atom is 0.237 e. The number of nitrogens with one attached hydrogen (secondary N) is 1. The number of rotatable bonds is 5. The fraction of sp³-hybridized carbons (Fsp3) is 0.778. The van der Waals surface area contributed by atoms with Crippen molar-refractivity contribution >= 4 is 33.1 Å². The first-order valence-electron chi connectivity index (χ1n) is 5.40. The summed E-state index contributed by atoms with van der Waals surface area (Å²) in [4.78, 5) is 13.2. The minimum atomic E-state index is -3.65. The van der Waals surface area contributed by atoms with E-state index in [1.165, 1.54) is 6.92 Å². The summed E-state index contributed by atoms with van der Waals surface area (Å²) in [5, 5.41) is -0.969. The molecule has 1 aliphatic heterocycles. The lowest BCUT2D eigenvalue weighted by molar-refractivity contribution is -0.128. The summed E-state index contributed by atoms with van der Waals surface area (Å²) in [6.07, 6.45) is 1.95. The van der Waals surface area contributed by atoms with Gasteiger partial charge in [0.1, 0.15) is 5.25 Å². The molecule has 0 bridgehead atoms. The van der Waals surface area contributed by atoms with E-state index in [0.29, 0.717) is 13.1 Å². The van der Waals surface area contributed by atoms with Crippen molar-refractivity contribution in [2.75, 3.05) is 19.6 Å². The van der Waals surface area contributed by atoms with E-state index in [2.05, 4.69) is 16.9 Å². The Bertz CT molecular complexity index is 402. The highest BCUT2D eigenvalue weighted by molar-refractivity contribution is 7.93. The van der Waals surface area contributed by atoms with Gasteiger partial charge < -0.3 is 10.6 Å². The van der Waals surface area contributed by atoms with Gasteiger partial charge in [-0.3, -0.25) is 4.79 Å². The molecule has 0 saturated carbocycles. The van der Waals surface area contributed by atoms with Gasteiger partial charge in [0, 0.05) is 13.1 Å². The zero-order valence-corrected chi connectivity index (χ0v) is 11.3. The molecule has 1 aliphatic rings. The highest BCUT2D eigenvalue weighted by Gasteiger charge is 2.25. The smallest absolute Gasteiger partial charge is 0.237 e. The first-order valence-corrected chi connectivity index (χ1v) is 7.35. The molecule has 8 heteroatoms. The summed E-state index contributed by atoms with van der Waals surface area (Å²) >= 11 is 4.62. The second kappa shape index (κ2) is 5.74. The number of hydrogen-bond acceptors (Lipinski definition) is 4. The number of thiocarbonyl (C=S) groups is 1. The van der Waals surface area contributed by atoms with Gasteiger partial charge in [0.2, 0.25) is 15.9 Å². The highest BCUT2D eigenvalue weighted by atomic mass is 32.2. The molecule has 6 nitrogen and oxygen atoms in total. The number of nitrogens with zero attached hydrogens (tertiary/aromatic N) is 1. The van der Waals surface area contributed by atoms with E-state index >= 15 is 0 Å². The van der Waals surface area contributed by atoms with Crippen molar-refractivity contribution in [2.45, 2.75) is 25.0 Å². The van der Waals surface area contributed by atoms with Gasteiger partial charge in [0.15, 0.2) is 0 Å². The molecule has 1 unspecified atom stereocenters. The van der Waals surface area contributed by atoms with Crippen molar-refractivity contribution in [2.24, 2.45) is 5.73 Å². The number of amides is 1. The monoisotopic (exact) mass is 279 g/mol. The van der Waals surface area contributed by atoms with E-state index in [9.17, 15) is 13.2 Å². The third-order valence-corrected chi connectivity index (χ3v) is 4.98. The van der Waals surface area contributed by atoms with Gasteiger partial charge in [-0.1, -0.05) is 12.2 Å². The highest BCUT2D eigenvalue weighted by Crippen LogP contribution is 2.07. The fourth-order valence-corrected chi connectivity index (χ4v) is 2.78. The van der Waals surface area contributed by atoms with Crippen molar-refractivity contribution < 1.29 is 13.2 Å². The summed E-state index contributed by atoms with van der Waals surface area (Å²) < 4.78 is 25.5. The van der Waals surface area contributed by atoms with Crippen LogP contribution in [0, 0.1) is 0 Å². The van der Waals surface area contributed by atoms with Crippen LogP contribution in [0.1, 0.15) is 19.8 Å². The molecule has 0 aromatic rings. The van der Waals surface area contributed by atoms with E-state index < -0.39 is 15.3 Å². The largest absolute Gasteiger partial charge is 0.392 e. The van der Waals surface area contributed by atoms with Crippen LogP contribution in [0.4, 0.5) is 0 Å². The summed E-state index contributed by atoms with van der Waals surface area (Å²) in [7, 11) is -3.65. The van der Waals surface area contributed by atoms with Crippen LogP contribution in [0.2, 0.25) is 0 Å². The SMILES string of the molecule is CC(C(N)=S)S(=O)(=O)NCC(=O)N1CCCC1. The molecule has 1 saturated heterocycles. The molecule has 1 amide bonds. The zero-order valence-electron chi connectivity index (χ0n) is 9.68. The van der Waals surface area contributed by atoms with Crippen molar-refractivity contribution in [1.29, 1.82) is 0 Å². The van der Waals surface area contributed by atoms with Crippen molar-refractivity contribution in [3.63, 3.8) is 0 Å². The summed E-state index contributed by atoms with van der Waals surface area (Å²) in [5.74, 6) is -0.207. The molecule has 3 N–H and O–H groups in total. The molecule has 98 valence electrons. The molecule has 0 aliphatic carbocycles. The quantitative estimate of drug-likeness (QED) is 0.643. The van der Waals surface area contributed by atoms with Crippen LogP contribution in [0.25, 0.3) is 0 Å². The standard InChI is InChI=1S/C9H17N3O3S2/c1-7(9(10)16)17(14,15)11-6-8(13)12-4-2-3-5-12/h7,11H,2-6H2,1H3,(H2,10,16). The lowest BCUT2D eigenvalue weighted by Gasteiger charge is -2.17. The average Bonchev–Trinajstić information content (AvgIpc) is 2.78. The first kappa shape index (κ1) is 14.3. The van der Waals surface area contributed by atoms with Crippen molar-refractivity contribution in [3.05, 3.63) is 0 Å². The molecule has 1 atom stereocenters. The summed E-state index contributed by atoms with van der Waals surface area (Å²) in [5.41, 5.74) is 5.27. The molecular weight excluding hydrogens is 262 g/mol. The van der Waals surface area contributed by atoms with Gasteiger partial charge in [-0.15, -0.1) is 0 Å². The van der Waals surface area contributed by atoms with E-state index in [4.69, 9.17) is 5.73 Å². The van der Waals surface area contributed by atoms with Gasteiger partial charge in [0.05, 0.1) is 11.5 Å². The van der Waals surface area contributed by atoms with Crippen LogP contribution >= 0.6 is 12.2 Å². The van der Waals surface area contributed by atoms with Gasteiger partial charge >= 0.3 is 0 Å². The van der Waals surface area contributed by atoms with E-state index in [-0.39, 0.29) is 17.4 Å². The van der Waals surface area contributed by atoms with Crippen molar-refractivity contribution in [1.82, 2.24) is 9.62 Å². The Morgan fingerprint density at radius 1 is 1.47 bits per heavy atom. The predicted molar refractivity (Wildman–Crippen MR) is 69.0 cm³/mol. The number of sulfonamides is 1. The van der Waals surface area contributed by atoms with Gasteiger partial charge in [-0.05, 0) is 19.8 Å². The second-order valence-electron chi connectivity index (χ2n) is 4.00. The Morgan fingerprint density at radius 2 is 2.00 bits per heavy atom. The van der Waals surface area contributed by atoms with E-state index in [1.54, 1.807) is 4.90 Å². The molecular formula is C9H17N3O3S2. The molecule has 0 radical (unpaired) electrons. The zero-order chi connectivity index (χ0) is 13.1. The van der Waals surface area contributed by atoms with Crippen LogP contribution in [-0.2, 0) is 14.8 Å². The average molecular weight is 279 g/mol. The Kier molecular flexibility index (Phi) is 4.84. The Labute approximate surface area is 107 Å². The molecule has 0 aromatic heterocycles. The Balaban J connectivity index is 2.49. The number of carbonyl (C=O) groups excluding carboxylic acids is 1. The second-order valence-corrected chi connectivity index (χ2v) is 6.56. The van der Waals surface area contributed by atoms with E-state index in [1.807, 2.05) is 0 Å². The third kappa shape index (κ3) is 3.90. The number of hydrogen-bond donors (Lipinski definition) is 2. The minimum absolute atomic E-state index is 0.105. The lowest BCUT2D eigenvalue weighted by atomic mass is 10.4. The third-order valence-electron chi connectivity index (χ3n) is 2.75. The molecule has 1 heterocycles. The lowest BCUT2D eigenvalue weighted by Crippen LogP contribution is -2.44. The summed E-state index contributed by atoms with van der Waals surface area (Å²) in [6.45, 7) is 2.57. The first-order chi connectivity index (χ1) is 7.84. The van der Waals surface area contributed by atoms with Crippen LogP contribution in [-0.4, -0.2) is 49.1 Å². The fourth-order valence-electron chi connectivity index (χ4n) is 1.52. The van der Waals surface area contributed by atoms with E-state index in [0.717, 1.165) is 12.8 Å². The Hall–Kier alpha value is -0.730. The predicted octanol–water partition coefficient (Wildman–Crippen LogP) is -0.797. The number of nitrogens with two attached hydrogens (primary N) is 1.